The summed E-state index contributed by atoms with van der Waals surface area (Å²) >= 11 is 0. The van der Waals surface area contributed by atoms with Crippen molar-refractivity contribution in [2.45, 2.75) is 25.6 Å². The van der Waals surface area contributed by atoms with E-state index in [0.29, 0.717) is 0 Å². The maximum atomic E-state index is 10.7. The van der Waals surface area contributed by atoms with E-state index in [9.17, 15) is 10.1 Å². The lowest BCUT2D eigenvalue weighted by Crippen LogP contribution is -2.37. The minimum absolute atomic E-state index is 0.215. The molecule has 0 fully saturated rings. The van der Waals surface area contributed by atoms with E-state index >= 15 is 0 Å². The van der Waals surface area contributed by atoms with Gasteiger partial charge in [-0.25, -0.2) is 9.25 Å². The van der Waals surface area contributed by atoms with E-state index in [1.165, 1.54) is 6.20 Å². The number of nitro groups is 1. The van der Waals surface area contributed by atoms with E-state index in [-0.39, 0.29) is 18.0 Å². The zero-order valence-corrected chi connectivity index (χ0v) is 9.72. The molecule has 9 nitrogen and oxygen atoms in total. The van der Waals surface area contributed by atoms with Crippen LogP contribution in [-0.2, 0) is 0 Å². The van der Waals surface area contributed by atoms with Gasteiger partial charge in [0.1, 0.15) is 6.20 Å². The standard InChI is InChI=1S/C9H10N6O3/c1-9(2)7(14-4-3-10-12-14)13-5-6(15(16)17)11-8(13)18-9/h3-5,7H,1-2H3. The summed E-state index contributed by atoms with van der Waals surface area (Å²) in [5.74, 6) is -0.245. The molecule has 0 amide bonds. The van der Waals surface area contributed by atoms with Gasteiger partial charge in [-0.2, -0.15) is 0 Å². The molecule has 1 unspecified atom stereocenters. The number of fused-ring (bicyclic) bond motifs is 1. The molecular weight excluding hydrogens is 240 g/mol. The molecule has 18 heavy (non-hydrogen) atoms. The molecule has 0 bridgehead atoms. The van der Waals surface area contributed by atoms with Crippen LogP contribution in [0.1, 0.15) is 20.0 Å². The maximum Gasteiger partial charge on any atom is 0.416 e. The van der Waals surface area contributed by atoms with Gasteiger partial charge in [0.25, 0.3) is 0 Å². The van der Waals surface area contributed by atoms with Crippen LogP contribution < -0.4 is 4.74 Å². The molecule has 0 saturated carbocycles. The van der Waals surface area contributed by atoms with Gasteiger partial charge in [-0.3, -0.25) is 0 Å². The normalized spacial score (nSPS) is 20.4. The predicted molar refractivity (Wildman–Crippen MR) is 58.0 cm³/mol. The minimum atomic E-state index is -0.606. The molecule has 3 heterocycles. The SMILES string of the molecule is CC1(C)Oc2nc([N+](=O)[O-])cn2C1n1ccnn1. The lowest BCUT2D eigenvalue weighted by atomic mass is 10.1. The molecule has 0 saturated heterocycles. The highest BCUT2D eigenvalue weighted by Crippen LogP contribution is 2.39. The van der Waals surface area contributed by atoms with E-state index in [2.05, 4.69) is 15.3 Å². The van der Waals surface area contributed by atoms with Crippen LogP contribution in [0.15, 0.2) is 18.6 Å². The van der Waals surface area contributed by atoms with E-state index in [0.717, 1.165) is 0 Å². The molecule has 3 rings (SSSR count). The zero-order valence-electron chi connectivity index (χ0n) is 9.72. The fourth-order valence-corrected chi connectivity index (χ4v) is 2.12. The summed E-state index contributed by atoms with van der Waals surface area (Å²) in [6, 6.07) is 0.215. The number of ether oxygens (including phenoxy) is 1. The Kier molecular flexibility index (Phi) is 1.95. The van der Waals surface area contributed by atoms with Crippen LogP contribution in [0.4, 0.5) is 5.82 Å². The summed E-state index contributed by atoms with van der Waals surface area (Å²) in [6.45, 7) is 3.72. The first kappa shape index (κ1) is 10.7. The van der Waals surface area contributed by atoms with Gasteiger partial charge in [-0.1, -0.05) is 5.21 Å². The number of hydrogen-bond acceptors (Lipinski definition) is 6. The van der Waals surface area contributed by atoms with Crippen LogP contribution in [0.2, 0.25) is 0 Å². The Hall–Kier alpha value is -2.45. The number of aromatic nitrogens is 5. The molecule has 0 N–H and O–H groups in total. The van der Waals surface area contributed by atoms with Crippen molar-refractivity contribution < 1.29 is 9.66 Å². The third kappa shape index (κ3) is 1.36. The molecule has 0 spiro atoms. The fraction of sp³-hybridized carbons (Fsp3) is 0.444. The van der Waals surface area contributed by atoms with Crippen molar-refractivity contribution in [1.82, 2.24) is 24.5 Å². The Balaban J connectivity index is 2.11. The van der Waals surface area contributed by atoms with Gasteiger partial charge in [0.05, 0.1) is 6.20 Å². The van der Waals surface area contributed by atoms with E-state index in [1.54, 1.807) is 21.6 Å². The summed E-state index contributed by atoms with van der Waals surface area (Å²) in [6.07, 6.45) is 4.21. The quantitative estimate of drug-likeness (QED) is 0.571. The summed E-state index contributed by atoms with van der Waals surface area (Å²) in [4.78, 5) is 14.0. The van der Waals surface area contributed by atoms with Crippen LogP contribution in [0.3, 0.4) is 0 Å². The zero-order chi connectivity index (χ0) is 12.9. The van der Waals surface area contributed by atoms with Crippen LogP contribution in [0.25, 0.3) is 0 Å². The Morgan fingerprint density at radius 2 is 2.33 bits per heavy atom. The average Bonchev–Trinajstić information content (AvgIpc) is 2.91. The van der Waals surface area contributed by atoms with Gasteiger partial charge in [-0.05, 0) is 18.8 Å². The van der Waals surface area contributed by atoms with Crippen molar-refractivity contribution in [3.05, 3.63) is 28.7 Å². The van der Waals surface area contributed by atoms with Crippen molar-refractivity contribution in [3.63, 3.8) is 0 Å². The van der Waals surface area contributed by atoms with E-state index < -0.39 is 10.5 Å². The summed E-state index contributed by atoms with van der Waals surface area (Å²) in [7, 11) is 0. The molecule has 1 atom stereocenters. The number of imidazole rings is 1. The van der Waals surface area contributed by atoms with Crippen molar-refractivity contribution >= 4 is 5.82 Å². The number of nitrogens with zero attached hydrogens (tertiary/aromatic N) is 6. The molecule has 2 aromatic heterocycles. The van der Waals surface area contributed by atoms with Gasteiger partial charge < -0.3 is 14.9 Å². The van der Waals surface area contributed by atoms with Crippen LogP contribution in [0, 0.1) is 10.1 Å². The second-order valence-electron chi connectivity index (χ2n) is 4.51. The van der Waals surface area contributed by atoms with Gasteiger partial charge in [0.15, 0.2) is 11.8 Å². The highest BCUT2D eigenvalue weighted by Gasteiger charge is 2.47. The molecule has 1 aliphatic heterocycles. The van der Waals surface area contributed by atoms with Crippen molar-refractivity contribution in [2.24, 2.45) is 0 Å². The first-order chi connectivity index (χ1) is 8.49. The summed E-state index contributed by atoms with van der Waals surface area (Å²) in [5.41, 5.74) is -0.606. The third-order valence-electron chi connectivity index (χ3n) is 2.80. The summed E-state index contributed by atoms with van der Waals surface area (Å²) in [5, 5.41) is 18.4. The average molecular weight is 250 g/mol. The van der Waals surface area contributed by atoms with E-state index in [4.69, 9.17) is 4.74 Å². The van der Waals surface area contributed by atoms with Gasteiger partial charge in [-0.15, -0.1) is 5.10 Å². The minimum Gasteiger partial charge on any atom is -0.435 e. The number of hydrogen-bond donors (Lipinski definition) is 0. The fourth-order valence-electron chi connectivity index (χ4n) is 2.12. The lowest BCUT2D eigenvalue weighted by molar-refractivity contribution is -0.389. The second kappa shape index (κ2) is 3.28. The summed E-state index contributed by atoms with van der Waals surface area (Å²) < 4.78 is 8.80. The first-order valence-corrected chi connectivity index (χ1v) is 5.27. The highest BCUT2D eigenvalue weighted by molar-refractivity contribution is 5.25. The Labute approximate surface area is 101 Å². The Morgan fingerprint density at radius 1 is 1.56 bits per heavy atom. The molecule has 0 aromatic carbocycles. The number of rotatable bonds is 2. The molecule has 0 radical (unpaired) electrons. The lowest BCUT2D eigenvalue weighted by Gasteiger charge is -2.24. The largest absolute Gasteiger partial charge is 0.435 e. The molecule has 0 aliphatic carbocycles. The predicted octanol–water partition coefficient (Wildman–Crippen LogP) is 0.601. The highest BCUT2D eigenvalue weighted by atomic mass is 16.6. The smallest absolute Gasteiger partial charge is 0.416 e. The molecule has 2 aromatic rings. The van der Waals surface area contributed by atoms with Crippen molar-refractivity contribution in [2.75, 3.05) is 0 Å². The van der Waals surface area contributed by atoms with Crippen molar-refractivity contribution in [3.8, 4) is 6.01 Å². The van der Waals surface area contributed by atoms with Crippen LogP contribution in [0.5, 0.6) is 6.01 Å². The Bertz CT molecular complexity index is 602. The van der Waals surface area contributed by atoms with Gasteiger partial charge in [0, 0.05) is 11.2 Å². The van der Waals surface area contributed by atoms with Crippen LogP contribution >= 0.6 is 0 Å². The first-order valence-electron chi connectivity index (χ1n) is 5.27. The topological polar surface area (TPSA) is 101 Å². The Morgan fingerprint density at radius 3 is 2.94 bits per heavy atom. The van der Waals surface area contributed by atoms with Gasteiger partial charge in [0.2, 0.25) is 0 Å². The third-order valence-corrected chi connectivity index (χ3v) is 2.80. The van der Waals surface area contributed by atoms with Gasteiger partial charge >= 0.3 is 11.8 Å². The van der Waals surface area contributed by atoms with Crippen LogP contribution in [-0.4, -0.2) is 35.1 Å². The van der Waals surface area contributed by atoms with E-state index in [1.807, 2.05) is 13.8 Å². The second-order valence-corrected chi connectivity index (χ2v) is 4.51. The monoisotopic (exact) mass is 250 g/mol. The molecular formula is C9H10N6O3. The molecule has 94 valence electrons. The van der Waals surface area contributed by atoms with Crippen molar-refractivity contribution in [1.29, 1.82) is 0 Å². The molecule has 1 aliphatic rings. The maximum absolute atomic E-state index is 10.7. The molecule has 9 heteroatoms.